The van der Waals surface area contributed by atoms with Crippen LogP contribution in [0, 0.1) is 6.92 Å². The fraction of sp³-hybridized carbons (Fsp3) is 0.647. The van der Waals surface area contributed by atoms with E-state index in [-0.39, 0.29) is 5.54 Å². The Balaban J connectivity index is 2.05. The van der Waals surface area contributed by atoms with E-state index in [1.165, 1.54) is 47.8 Å². The highest BCUT2D eigenvalue weighted by Crippen LogP contribution is 2.24. The average molecular weight is 292 g/mol. The topological polar surface area (TPSA) is 15.3 Å². The van der Waals surface area contributed by atoms with Crippen molar-refractivity contribution in [3.63, 3.8) is 0 Å². The molecule has 1 saturated heterocycles. The maximum atomic E-state index is 3.56. The Hall–Kier alpha value is -0.670. The third-order valence-corrected chi connectivity index (χ3v) is 4.70. The van der Waals surface area contributed by atoms with Gasteiger partial charge in [-0.25, -0.2) is 0 Å². The molecule has 0 amide bonds. The molecular formula is C17H28N2S. The molecule has 1 aliphatic heterocycles. The summed E-state index contributed by atoms with van der Waals surface area (Å²) >= 11 is 2.08. The molecule has 0 radical (unpaired) electrons. The lowest BCUT2D eigenvalue weighted by Crippen LogP contribution is -2.35. The molecule has 1 aromatic carbocycles. The maximum absolute atomic E-state index is 3.56. The fourth-order valence-corrected chi connectivity index (χ4v) is 3.42. The number of benzene rings is 1. The predicted octanol–water partition coefficient (Wildman–Crippen LogP) is 3.83. The summed E-state index contributed by atoms with van der Waals surface area (Å²) in [6.07, 6.45) is 1.30. The number of nitrogens with zero attached hydrogens (tertiary/aromatic N) is 1. The summed E-state index contributed by atoms with van der Waals surface area (Å²) in [4.78, 5) is 2.55. The fourth-order valence-electron chi connectivity index (χ4n) is 2.54. The van der Waals surface area contributed by atoms with Gasteiger partial charge in [0.2, 0.25) is 0 Å². The number of rotatable bonds is 3. The van der Waals surface area contributed by atoms with Gasteiger partial charge < -0.3 is 10.2 Å². The van der Waals surface area contributed by atoms with E-state index in [4.69, 9.17) is 0 Å². The van der Waals surface area contributed by atoms with E-state index in [0.29, 0.717) is 0 Å². The Labute approximate surface area is 128 Å². The number of anilines is 1. The number of aryl methyl sites for hydroxylation is 1. The van der Waals surface area contributed by atoms with Crippen LogP contribution in [0.1, 0.15) is 38.3 Å². The highest BCUT2D eigenvalue weighted by atomic mass is 32.2. The van der Waals surface area contributed by atoms with E-state index in [1.807, 2.05) is 0 Å². The van der Waals surface area contributed by atoms with Crippen LogP contribution < -0.4 is 10.2 Å². The molecule has 2 nitrogen and oxygen atoms in total. The van der Waals surface area contributed by atoms with Gasteiger partial charge in [-0.15, -0.1) is 0 Å². The molecule has 0 atom stereocenters. The first-order valence-electron chi connectivity index (χ1n) is 7.63. The van der Waals surface area contributed by atoms with Crippen molar-refractivity contribution < 1.29 is 0 Å². The van der Waals surface area contributed by atoms with E-state index in [9.17, 15) is 0 Å². The molecule has 1 heterocycles. The quantitative estimate of drug-likeness (QED) is 0.911. The summed E-state index contributed by atoms with van der Waals surface area (Å²) in [6, 6.07) is 6.93. The first kappa shape index (κ1) is 15.7. The Morgan fingerprint density at radius 2 is 2.00 bits per heavy atom. The lowest BCUT2D eigenvalue weighted by Gasteiger charge is -2.25. The molecule has 1 fully saturated rings. The van der Waals surface area contributed by atoms with Crippen LogP contribution in [0.3, 0.4) is 0 Å². The van der Waals surface area contributed by atoms with Crippen molar-refractivity contribution in [3.05, 3.63) is 29.3 Å². The number of hydrogen-bond donors (Lipinski definition) is 1. The summed E-state index contributed by atoms with van der Waals surface area (Å²) in [5.74, 6) is 2.57. The van der Waals surface area contributed by atoms with Crippen molar-refractivity contribution in [1.29, 1.82) is 0 Å². The molecule has 0 spiro atoms. The van der Waals surface area contributed by atoms with Crippen molar-refractivity contribution >= 4 is 17.4 Å². The second-order valence-corrected chi connectivity index (χ2v) is 7.90. The van der Waals surface area contributed by atoms with Gasteiger partial charge in [0.25, 0.3) is 0 Å². The summed E-state index contributed by atoms with van der Waals surface area (Å²) in [5.41, 5.74) is 4.39. The van der Waals surface area contributed by atoms with Crippen molar-refractivity contribution in [3.8, 4) is 0 Å². The summed E-state index contributed by atoms with van der Waals surface area (Å²) in [6.45, 7) is 12.2. The van der Waals surface area contributed by atoms with Gasteiger partial charge in [-0.1, -0.05) is 12.1 Å². The van der Waals surface area contributed by atoms with Crippen LogP contribution in [0.5, 0.6) is 0 Å². The van der Waals surface area contributed by atoms with Gasteiger partial charge in [0.05, 0.1) is 0 Å². The van der Waals surface area contributed by atoms with E-state index in [1.54, 1.807) is 0 Å². The van der Waals surface area contributed by atoms with Gasteiger partial charge in [-0.05, 0) is 57.1 Å². The molecule has 0 bridgehead atoms. The van der Waals surface area contributed by atoms with Gasteiger partial charge in [-0.2, -0.15) is 11.8 Å². The average Bonchev–Trinajstić information content (AvgIpc) is 2.64. The largest absolute Gasteiger partial charge is 0.370 e. The van der Waals surface area contributed by atoms with Crippen LogP contribution in [0.15, 0.2) is 18.2 Å². The Kier molecular flexibility index (Phi) is 5.39. The van der Waals surface area contributed by atoms with E-state index >= 15 is 0 Å². The first-order valence-corrected chi connectivity index (χ1v) is 8.78. The maximum Gasteiger partial charge on any atom is 0.0396 e. The van der Waals surface area contributed by atoms with Crippen molar-refractivity contribution in [2.75, 3.05) is 29.5 Å². The molecule has 0 aliphatic carbocycles. The van der Waals surface area contributed by atoms with E-state index < -0.39 is 0 Å². The molecule has 1 N–H and O–H groups in total. The number of nitrogens with one attached hydrogen (secondary N) is 1. The highest BCUT2D eigenvalue weighted by molar-refractivity contribution is 7.99. The zero-order valence-electron chi connectivity index (χ0n) is 13.3. The van der Waals surface area contributed by atoms with Gasteiger partial charge in [0.1, 0.15) is 0 Å². The van der Waals surface area contributed by atoms with E-state index in [0.717, 1.165) is 6.54 Å². The zero-order chi connectivity index (χ0) is 14.6. The third kappa shape index (κ3) is 4.71. The Morgan fingerprint density at radius 1 is 1.20 bits per heavy atom. The SMILES string of the molecule is Cc1cc(CNC(C)(C)C)ccc1N1CCCSCC1. The van der Waals surface area contributed by atoms with Crippen molar-refractivity contribution in [1.82, 2.24) is 5.32 Å². The van der Waals surface area contributed by atoms with E-state index in [2.05, 4.69) is 67.9 Å². The van der Waals surface area contributed by atoms with Gasteiger partial charge >= 0.3 is 0 Å². The highest BCUT2D eigenvalue weighted by Gasteiger charge is 2.13. The second kappa shape index (κ2) is 6.86. The molecule has 1 aromatic rings. The second-order valence-electron chi connectivity index (χ2n) is 6.68. The number of thioether (sulfide) groups is 1. The lowest BCUT2D eigenvalue weighted by molar-refractivity contribution is 0.424. The number of hydrogen-bond acceptors (Lipinski definition) is 3. The van der Waals surface area contributed by atoms with Crippen LogP contribution in [0.4, 0.5) is 5.69 Å². The molecule has 1 aliphatic rings. The monoisotopic (exact) mass is 292 g/mol. The molecule has 2 rings (SSSR count). The summed E-state index contributed by atoms with van der Waals surface area (Å²) < 4.78 is 0. The minimum atomic E-state index is 0.175. The van der Waals surface area contributed by atoms with Crippen molar-refractivity contribution in [2.24, 2.45) is 0 Å². The molecule has 0 unspecified atom stereocenters. The van der Waals surface area contributed by atoms with Gasteiger partial charge in [-0.3, -0.25) is 0 Å². The van der Waals surface area contributed by atoms with Crippen LogP contribution >= 0.6 is 11.8 Å². The smallest absolute Gasteiger partial charge is 0.0396 e. The Bertz CT molecular complexity index is 429. The first-order chi connectivity index (χ1) is 9.46. The Morgan fingerprint density at radius 3 is 2.70 bits per heavy atom. The standard InChI is InChI=1S/C17H28N2S/c1-14-12-15(13-18-17(2,3)4)6-7-16(14)19-8-5-10-20-11-9-19/h6-7,12,18H,5,8-11,13H2,1-4H3. The third-order valence-electron chi connectivity index (χ3n) is 3.65. The zero-order valence-corrected chi connectivity index (χ0v) is 14.1. The lowest BCUT2D eigenvalue weighted by atomic mass is 10.1. The van der Waals surface area contributed by atoms with Gasteiger partial charge in [0.15, 0.2) is 0 Å². The molecule has 3 heteroatoms. The summed E-state index contributed by atoms with van der Waals surface area (Å²) in [5, 5.41) is 3.56. The molecular weight excluding hydrogens is 264 g/mol. The minimum absolute atomic E-state index is 0.175. The molecule has 112 valence electrons. The molecule has 20 heavy (non-hydrogen) atoms. The normalized spacial score (nSPS) is 17.1. The van der Waals surface area contributed by atoms with Crippen molar-refractivity contribution in [2.45, 2.75) is 46.2 Å². The van der Waals surface area contributed by atoms with Crippen LogP contribution in [0.25, 0.3) is 0 Å². The predicted molar refractivity (Wildman–Crippen MR) is 91.9 cm³/mol. The molecule has 0 saturated carbocycles. The van der Waals surface area contributed by atoms with Crippen LogP contribution in [-0.4, -0.2) is 30.1 Å². The summed E-state index contributed by atoms with van der Waals surface area (Å²) in [7, 11) is 0. The van der Waals surface area contributed by atoms with Crippen LogP contribution in [-0.2, 0) is 6.54 Å². The minimum Gasteiger partial charge on any atom is -0.370 e. The van der Waals surface area contributed by atoms with Gasteiger partial charge in [0, 0.05) is 36.6 Å². The van der Waals surface area contributed by atoms with Crippen LogP contribution in [0.2, 0.25) is 0 Å². The molecule has 0 aromatic heterocycles.